The summed E-state index contributed by atoms with van der Waals surface area (Å²) in [6.07, 6.45) is 1.14. The molecule has 0 aromatic carbocycles. The van der Waals surface area contributed by atoms with Crippen LogP contribution in [0.15, 0.2) is 25.8 Å². The van der Waals surface area contributed by atoms with Gasteiger partial charge >= 0.3 is 5.97 Å². The number of hydrogen-bond donors (Lipinski definition) is 0. The molecular weight excluding hydrogens is 144 g/mol. The van der Waals surface area contributed by atoms with Gasteiger partial charge in [0.2, 0.25) is 0 Å². The summed E-state index contributed by atoms with van der Waals surface area (Å²) in [5.74, 6) is -0.359. The second-order valence-electron chi connectivity index (χ2n) is 0.956. The van der Waals surface area contributed by atoms with Gasteiger partial charge in [-0.15, -0.1) is 13.2 Å². The topological polar surface area (TPSA) is 43.4 Å². The van der Waals surface area contributed by atoms with E-state index < -0.39 is 0 Å². The minimum atomic E-state index is -0.359. The van der Waals surface area contributed by atoms with Gasteiger partial charge in [-0.3, -0.25) is 0 Å². The Labute approximate surface area is 67.4 Å². The van der Waals surface area contributed by atoms with Crippen molar-refractivity contribution in [3.8, 4) is 0 Å². The highest BCUT2D eigenvalue weighted by atomic mass is 16.5. The molecule has 0 saturated carbocycles. The van der Waals surface area contributed by atoms with Gasteiger partial charge in [-0.2, -0.15) is 0 Å². The molecule has 11 heavy (non-hydrogen) atoms. The lowest BCUT2D eigenvalue weighted by Gasteiger charge is -1.90. The molecule has 0 rings (SSSR count). The summed E-state index contributed by atoms with van der Waals surface area (Å²) in [6.45, 7) is 13.4. The fraction of sp³-hybridized carbons (Fsp3) is 0.250. The van der Waals surface area contributed by atoms with Gasteiger partial charge < -0.3 is 9.53 Å². The van der Waals surface area contributed by atoms with E-state index in [1.807, 2.05) is 6.79 Å². The quantitative estimate of drug-likeness (QED) is 0.346. The van der Waals surface area contributed by atoms with Gasteiger partial charge in [0.05, 0.1) is 6.61 Å². The number of carbonyl (C=O) groups is 2. The Bertz CT molecular complexity index is 97.5. The van der Waals surface area contributed by atoms with E-state index in [1.54, 1.807) is 6.92 Å². The Balaban J connectivity index is -0.000000138. The van der Waals surface area contributed by atoms with E-state index in [0.29, 0.717) is 6.61 Å². The van der Waals surface area contributed by atoms with E-state index in [9.17, 15) is 4.79 Å². The van der Waals surface area contributed by atoms with Gasteiger partial charge in [0.1, 0.15) is 6.79 Å². The largest absolute Gasteiger partial charge is 0.463 e. The zero-order valence-electron chi connectivity index (χ0n) is 6.84. The molecule has 3 heteroatoms. The molecule has 64 valence electrons. The molecule has 0 aromatic heterocycles. The average Bonchev–Trinajstić information content (AvgIpc) is 2.12. The van der Waals surface area contributed by atoms with Crippen LogP contribution < -0.4 is 0 Å². The first-order valence-electron chi connectivity index (χ1n) is 2.89. The maximum Gasteiger partial charge on any atom is 0.330 e. The Morgan fingerprint density at radius 1 is 1.45 bits per heavy atom. The summed E-state index contributed by atoms with van der Waals surface area (Å²) in [5.41, 5.74) is 0. The van der Waals surface area contributed by atoms with Crippen LogP contribution in [0.5, 0.6) is 0 Å². The van der Waals surface area contributed by atoms with Crippen molar-refractivity contribution in [2.24, 2.45) is 0 Å². The molecule has 0 amide bonds. The normalized spacial score (nSPS) is 5.55. The van der Waals surface area contributed by atoms with Gasteiger partial charge in [0, 0.05) is 6.08 Å². The molecule has 3 nitrogen and oxygen atoms in total. The summed E-state index contributed by atoms with van der Waals surface area (Å²) in [4.78, 5) is 18.1. The molecule has 0 aromatic rings. The summed E-state index contributed by atoms with van der Waals surface area (Å²) >= 11 is 0. The lowest BCUT2D eigenvalue weighted by Crippen LogP contribution is -1.97. The smallest absolute Gasteiger partial charge is 0.330 e. The van der Waals surface area contributed by atoms with E-state index >= 15 is 0 Å². The highest BCUT2D eigenvalue weighted by Gasteiger charge is 1.86. The maximum atomic E-state index is 10.1. The van der Waals surface area contributed by atoms with E-state index in [-0.39, 0.29) is 5.97 Å². The van der Waals surface area contributed by atoms with Crippen LogP contribution in [0, 0.1) is 0 Å². The van der Waals surface area contributed by atoms with Gasteiger partial charge in [0.25, 0.3) is 0 Å². The molecule has 0 unspecified atom stereocenters. The number of rotatable bonds is 2. The summed E-state index contributed by atoms with van der Waals surface area (Å²) in [6, 6.07) is 0. The molecule has 0 aliphatic carbocycles. The molecule has 0 spiro atoms. The van der Waals surface area contributed by atoms with Crippen molar-refractivity contribution in [3.63, 3.8) is 0 Å². The molecule has 0 radical (unpaired) electrons. The van der Waals surface area contributed by atoms with Crippen LogP contribution >= 0.6 is 0 Å². The van der Waals surface area contributed by atoms with Gasteiger partial charge in [-0.25, -0.2) is 4.79 Å². The Morgan fingerprint density at radius 3 is 1.91 bits per heavy atom. The van der Waals surface area contributed by atoms with Crippen molar-refractivity contribution >= 4 is 12.8 Å². The third kappa shape index (κ3) is 28.8. The molecule has 0 fully saturated rings. The fourth-order valence-corrected chi connectivity index (χ4v) is 0.201. The Morgan fingerprint density at radius 2 is 1.82 bits per heavy atom. The minimum absolute atomic E-state index is 0.359. The number of hydrogen-bond acceptors (Lipinski definition) is 3. The van der Waals surface area contributed by atoms with Crippen molar-refractivity contribution in [3.05, 3.63) is 25.8 Å². The third-order valence-corrected chi connectivity index (χ3v) is 0.453. The van der Waals surface area contributed by atoms with Crippen LogP contribution in [0.3, 0.4) is 0 Å². The Hall–Kier alpha value is -1.38. The summed E-state index contributed by atoms with van der Waals surface area (Å²) in [5, 5.41) is 0. The third-order valence-electron chi connectivity index (χ3n) is 0.453. The molecular formula is C8H14O3. The highest BCUT2D eigenvalue weighted by molar-refractivity contribution is 5.81. The van der Waals surface area contributed by atoms with Crippen LogP contribution in [-0.4, -0.2) is 19.4 Å². The maximum absolute atomic E-state index is 10.1. The molecule has 0 atom stereocenters. The van der Waals surface area contributed by atoms with Crippen molar-refractivity contribution in [1.82, 2.24) is 0 Å². The molecule has 0 bridgehead atoms. The van der Waals surface area contributed by atoms with Crippen molar-refractivity contribution in [1.29, 1.82) is 0 Å². The number of ether oxygens (including phenoxy) is 1. The minimum Gasteiger partial charge on any atom is -0.463 e. The van der Waals surface area contributed by atoms with E-state index in [4.69, 9.17) is 4.79 Å². The summed E-state index contributed by atoms with van der Waals surface area (Å²) < 4.78 is 4.43. The van der Waals surface area contributed by atoms with Crippen LogP contribution in [0.25, 0.3) is 0 Å². The van der Waals surface area contributed by atoms with Crippen molar-refractivity contribution < 1.29 is 14.3 Å². The highest BCUT2D eigenvalue weighted by Crippen LogP contribution is 1.74. The second kappa shape index (κ2) is 23.4. The molecule has 0 N–H and O–H groups in total. The van der Waals surface area contributed by atoms with Crippen LogP contribution in [-0.2, 0) is 14.3 Å². The molecule has 0 aliphatic heterocycles. The molecule has 0 saturated heterocycles. The standard InChI is InChI=1S/C5H8O2.C2H4.CH2O/c1-3-5(6)7-4-2;2*1-2/h3H,1,4H2,2H3;1-2H2;1H2. The Kier molecular flexibility index (Phi) is 34.8. The van der Waals surface area contributed by atoms with Crippen molar-refractivity contribution in [2.75, 3.05) is 6.61 Å². The number of esters is 1. The molecule has 0 heterocycles. The monoisotopic (exact) mass is 158 g/mol. The SMILES string of the molecule is C=C.C=CC(=O)OCC.C=O. The zero-order chi connectivity index (χ0) is 9.70. The van der Waals surface area contributed by atoms with Crippen LogP contribution in [0.2, 0.25) is 0 Å². The van der Waals surface area contributed by atoms with Gasteiger partial charge in [0.15, 0.2) is 0 Å². The predicted molar refractivity (Wildman–Crippen MR) is 45.2 cm³/mol. The van der Waals surface area contributed by atoms with Crippen LogP contribution in [0.1, 0.15) is 6.92 Å². The van der Waals surface area contributed by atoms with E-state index in [0.717, 1.165) is 6.08 Å². The van der Waals surface area contributed by atoms with Crippen LogP contribution in [0.4, 0.5) is 0 Å². The predicted octanol–water partition coefficient (Wildman–Crippen LogP) is 1.35. The lowest BCUT2D eigenvalue weighted by atomic mass is 10.6. The lowest BCUT2D eigenvalue weighted by molar-refractivity contribution is -0.137. The first kappa shape index (κ1) is 16.3. The number of carbonyl (C=O) groups excluding carboxylic acids is 2. The average molecular weight is 158 g/mol. The summed E-state index contributed by atoms with van der Waals surface area (Å²) in [7, 11) is 0. The van der Waals surface area contributed by atoms with Crippen molar-refractivity contribution in [2.45, 2.75) is 6.92 Å². The molecule has 0 aliphatic rings. The fourth-order valence-electron chi connectivity index (χ4n) is 0.201. The van der Waals surface area contributed by atoms with Gasteiger partial charge in [-0.1, -0.05) is 6.58 Å². The van der Waals surface area contributed by atoms with E-state index in [1.165, 1.54) is 0 Å². The van der Waals surface area contributed by atoms with E-state index in [2.05, 4.69) is 24.5 Å². The first-order chi connectivity index (χ1) is 5.31. The second-order valence-corrected chi connectivity index (χ2v) is 0.956. The van der Waals surface area contributed by atoms with Gasteiger partial charge in [-0.05, 0) is 6.92 Å². The first-order valence-corrected chi connectivity index (χ1v) is 2.89. The zero-order valence-corrected chi connectivity index (χ0v) is 6.84.